The number of hydroxylamine groups is 2. The molecular weight excluding hydrogens is 518 g/mol. The number of benzene rings is 1. The molecule has 0 bridgehead atoms. The summed E-state index contributed by atoms with van der Waals surface area (Å²) in [6, 6.07) is 2.44. The molecule has 3 heterocycles. The molecule has 0 aliphatic carbocycles. The SMILES string of the molecule is CC1CC(=O)N(OC(=O)CCC(=O)N2CCc3cc(C(=O)NCCN4C(=O)C=CC4=O)cc([N+](=O)[O-])c32)C1=O. The Hall–Kier alpha value is -4.95. The average Bonchev–Trinajstić information content (AvgIpc) is 3.53. The van der Waals surface area contributed by atoms with E-state index in [0.29, 0.717) is 10.6 Å². The highest BCUT2D eigenvalue weighted by molar-refractivity contribution is 6.13. The molecule has 1 fully saturated rings. The Kier molecular flexibility index (Phi) is 7.51. The number of anilines is 1. The number of amides is 6. The molecule has 0 radical (unpaired) electrons. The second kappa shape index (κ2) is 10.8. The first-order valence-electron chi connectivity index (χ1n) is 12.0. The second-order valence-corrected chi connectivity index (χ2v) is 9.07. The molecule has 15 heteroatoms. The maximum absolute atomic E-state index is 12.8. The van der Waals surface area contributed by atoms with E-state index in [1.165, 1.54) is 13.0 Å². The normalized spacial score (nSPS) is 18.2. The van der Waals surface area contributed by atoms with Crippen molar-refractivity contribution in [3.63, 3.8) is 0 Å². The minimum Gasteiger partial charge on any atom is -0.350 e. The van der Waals surface area contributed by atoms with Crippen molar-refractivity contribution in [1.29, 1.82) is 0 Å². The molecule has 1 N–H and O–H groups in total. The molecule has 3 aliphatic rings. The molecule has 1 atom stereocenters. The molecular formula is C24H23N5O10. The molecule has 39 heavy (non-hydrogen) atoms. The topological polar surface area (TPSA) is 194 Å². The molecule has 0 aromatic heterocycles. The Labute approximate surface area is 220 Å². The van der Waals surface area contributed by atoms with Crippen molar-refractivity contribution < 1.29 is 43.3 Å². The van der Waals surface area contributed by atoms with Gasteiger partial charge < -0.3 is 15.1 Å². The van der Waals surface area contributed by atoms with Crippen molar-refractivity contribution in [2.24, 2.45) is 5.92 Å². The predicted octanol–water partition coefficient (Wildman–Crippen LogP) is -0.228. The van der Waals surface area contributed by atoms with Gasteiger partial charge in [-0.2, -0.15) is 0 Å². The zero-order valence-corrected chi connectivity index (χ0v) is 20.7. The lowest BCUT2D eigenvalue weighted by molar-refractivity contribution is -0.384. The molecule has 204 valence electrons. The minimum absolute atomic E-state index is 0.00738. The first-order valence-corrected chi connectivity index (χ1v) is 12.0. The zero-order chi connectivity index (χ0) is 28.4. The number of fused-ring (bicyclic) bond motifs is 1. The quantitative estimate of drug-likeness (QED) is 0.248. The fraction of sp³-hybridized carbons (Fsp3) is 0.375. The summed E-state index contributed by atoms with van der Waals surface area (Å²) in [7, 11) is 0. The van der Waals surface area contributed by atoms with Gasteiger partial charge in [-0.25, -0.2) is 4.79 Å². The molecule has 4 rings (SSSR count). The minimum atomic E-state index is -0.979. The van der Waals surface area contributed by atoms with Crippen molar-refractivity contribution in [3.05, 3.63) is 45.5 Å². The lowest BCUT2D eigenvalue weighted by atomic mass is 10.1. The summed E-state index contributed by atoms with van der Waals surface area (Å²) in [6.45, 7) is 1.44. The maximum atomic E-state index is 12.8. The first-order chi connectivity index (χ1) is 18.5. The van der Waals surface area contributed by atoms with Crippen molar-refractivity contribution in [2.45, 2.75) is 32.6 Å². The summed E-state index contributed by atoms with van der Waals surface area (Å²) in [6.07, 6.45) is 1.48. The van der Waals surface area contributed by atoms with Crippen molar-refractivity contribution in [2.75, 3.05) is 24.5 Å². The third-order valence-corrected chi connectivity index (χ3v) is 6.39. The van der Waals surface area contributed by atoms with Crippen LogP contribution in [0.4, 0.5) is 11.4 Å². The highest BCUT2D eigenvalue weighted by Gasteiger charge is 2.39. The van der Waals surface area contributed by atoms with Crippen LogP contribution in [0.2, 0.25) is 0 Å². The summed E-state index contributed by atoms with van der Waals surface area (Å²) in [5.74, 6) is -5.21. The van der Waals surface area contributed by atoms with Gasteiger partial charge in [0.1, 0.15) is 5.69 Å². The number of hydrogen-bond acceptors (Lipinski definition) is 10. The van der Waals surface area contributed by atoms with E-state index in [9.17, 15) is 43.7 Å². The van der Waals surface area contributed by atoms with Crippen molar-refractivity contribution in [1.82, 2.24) is 15.3 Å². The third kappa shape index (κ3) is 5.51. The van der Waals surface area contributed by atoms with E-state index in [-0.39, 0.29) is 43.7 Å². The molecule has 1 aromatic carbocycles. The number of carbonyl (C=O) groups is 7. The van der Waals surface area contributed by atoms with E-state index in [2.05, 4.69) is 5.32 Å². The van der Waals surface area contributed by atoms with Gasteiger partial charge in [0.05, 0.1) is 11.3 Å². The van der Waals surface area contributed by atoms with Gasteiger partial charge in [0, 0.05) is 62.2 Å². The standard InChI is InChI=1S/C24H23N5O10/c1-13-10-20(33)28(24(13)36)39-21(34)5-4-19(32)27-8-6-14-11-15(12-16(22(14)27)29(37)38)23(35)25-7-9-26-17(30)2-3-18(26)31/h2-3,11-13H,4-10H2,1H3,(H,25,35). The van der Waals surface area contributed by atoms with Gasteiger partial charge in [0.15, 0.2) is 0 Å². The van der Waals surface area contributed by atoms with Gasteiger partial charge in [-0.05, 0) is 18.1 Å². The summed E-state index contributed by atoms with van der Waals surface area (Å²) in [4.78, 5) is 102. The monoisotopic (exact) mass is 541 g/mol. The van der Waals surface area contributed by atoms with Crippen LogP contribution in [0.5, 0.6) is 0 Å². The largest absolute Gasteiger partial charge is 0.350 e. The highest BCUT2D eigenvalue weighted by Crippen LogP contribution is 2.38. The Morgan fingerprint density at radius 2 is 1.79 bits per heavy atom. The molecule has 3 aliphatic heterocycles. The molecule has 15 nitrogen and oxygen atoms in total. The number of nitrogens with one attached hydrogen (secondary N) is 1. The number of hydrogen-bond donors (Lipinski definition) is 1. The number of nitro groups is 1. The van der Waals surface area contributed by atoms with E-state index in [1.807, 2.05) is 0 Å². The van der Waals surface area contributed by atoms with Crippen LogP contribution >= 0.6 is 0 Å². The first kappa shape index (κ1) is 27.1. The van der Waals surface area contributed by atoms with Crippen LogP contribution in [-0.2, 0) is 40.0 Å². The van der Waals surface area contributed by atoms with Crippen LogP contribution in [0.1, 0.15) is 42.1 Å². The van der Waals surface area contributed by atoms with Crippen LogP contribution in [0.15, 0.2) is 24.3 Å². The van der Waals surface area contributed by atoms with E-state index in [1.54, 1.807) is 0 Å². The van der Waals surface area contributed by atoms with E-state index in [4.69, 9.17) is 4.84 Å². The molecule has 0 saturated carbocycles. The predicted molar refractivity (Wildman–Crippen MR) is 128 cm³/mol. The van der Waals surface area contributed by atoms with Gasteiger partial charge in [-0.1, -0.05) is 6.92 Å². The molecule has 6 amide bonds. The maximum Gasteiger partial charge on any atom is 0.333 e. The highest BCUT2D eigenvalue weighted by atomic mass is 16.7. The number of nitrogens with zero attached hydrogens (tertiary/aromatic N) is 4. The Balaban J connectivity index is 1.39. The van der Waals surface area contributed by atoms with E-state index in [0.717, 1.165) is 28.0 Å². The molecule has 1 saturated heterocycles. The molecule has 0 spiro atoms. The van der Waals surface area contributed by atoms with Crippen LogP contribution in [0.3, 0.4) is 0 Å². The van der Waals surface area contributed by atoms with Gasteiger partial charge >= 0.3 is 5.97 Å². The molecule has 1 aromatic rings. The number of rotatable bonds is 9. The Bertz CT molecular complexity index is 1330. The number of nitro benzene ring substituents is 1. The van der Waals surface area contributed by atoms with E-state index >= 15 is 0 Å². The van der Waals surface area contributed by atoms with Crippen LogP contribution < -0.4 is 10.2 Å². The fourth-order valence-corrected chi connectivity index (χ4v) is 4.42. The second-order valence-electron chi connectivity index (χ2n) is 9.07. The molecule has 1 unspecified atom stereocenters. The Morgan fingerprint density at radius 1 is 1.10 bits per heavy atom. The zero-order valence-electron chi connectivity index (χ0n) is 20.7. The summed E-state index contributed by atoms with van der Waals surface area (Å²) < 4.78 is 0. The number of carbonyl (C=O) groups excluding carboxylic acids is 7. The Morgan fingerprint density at radius 3 is 2.41 bits per heavy atom. The lowest BCUT2D eigenvalue weighted by Crippen LogP contribution is -2.38. The van der Waals surface area contributed by atoms with Crippen molar-refractivity contribution in [3.8, 4) is 0 Å². The third-order valence-electron chi connectivity index (χ3n) is 6.39. The average molecular weight is 541 g/mol. The van der Waals surface area contributed by atoms with Gasteiger partial charge in [-0.15, -0.1) is 5.06 Å². The lowest BCUT2D eigenvalue weighted by Gasteiger charge is -2.18. The van der Waals surface area contributed by atoms with Crippen LogP contribution in [0.25, 0.3) is 0 Å². The van der Waals surface area contributed by atoms with Gasteiger partial charge in [0.2, 0.25) is 5.91 Å². The summed E-state index contributed by atoms with van der Waals surface area (Å²) in [5, 5.41) is 14.7. The van der Waals surface area contributed by atoms with Crippen molar-refractivity contribution >= 4 is 52.8 Å². The van der Waals surface area contributed by atoms with Crippen LogP contribution in [0, 0.1) is 16.0 Å². The van der Waals surface area contributed by atoms with Crippen LogP contribution in [-0.4, -0.2) is 75.9 Å². The van der Waals surface area contributed by atoms with E-state index < -0.39 is 70.8 Å². The smallest absolute Gasteiger partial charge is 0.333 e. The summed E-state index contributed by atoms with van der Waals surface area (Å²) >= 11 is 0. The summed E-state index contributed by atoms with van der Waals surface area (Å²) in [5.41, 5.74) is -0.137. The van der Waals surface area contributed by atoms with Gasteiger partial charge in [0.25, 0.3) is 35.2 Å². The van der Waals surface area contributed by atoms with Gasteiger partial charge in [-0.3, -0.25) is 43.8 Å². The number of imide groups is 2. The fourth-order valence-electron chi connectivity index (χ4n) is 4.42.